The van der Waals surface area contributed by atoms with Gasteiger partial charge in [0.05, 0.1) is 5.69 Å². The highest BCUT2D eigenvalue weighted by atomic mass is 32.2. The predicted octanol–water partition coefficient (Wildman–Crippen LogP) is 2.94. The minimum atomic E-state index is -0.925. The topological polar surface area (TPSA) is 63.1 Å². The van der Waals surface area contributed by atoms with Crippen LogP contribution in [0.4, 0.5) is 0 Å². The molecular weight excluding hydrogens is 248 g/mol. The van der Waals surface area contributed by atoms with Crippen LogP contribution in [0.2, 0.25) is 0 Å². The van der Waals surface area contributed by atoms with Crippen LogP contribution in [0.1, 0.15) is 48.1 Å². The van der Waals surface area contributed by atoms with Gasteiger partial charge in [-0.25, -0.2) is 14.8 Å². The summed E-state index contributed by atoms with van der Waals surface area (Å²) in [5, 5.41) is 9.89. The maximum atomic E-state index is 11.3. The second-order valence-corrected chi connectivity index (χ2v) is 5.68. The number of aromatic nitrogens is 2. The molecule has 1 saturated carbocycles. The molecule has 0 atom stereocenters. The van der Waals surface area contributed by atoms with Gasteiger partial charge in [0.25, 0.3) is 0 Å². The molecule has 0 bridgehead atoms. The zero-order valence-corrected chi connectivity index (χ0v) is 11.6. The Balaban J connectivity index is 2.23. The van der Waals surface area contributed by atoms with Gasteiger partial charge in [0, 0.05) is 12.2 Å². The van der Waals surface area contributed by atoms with E-state index in [0.29, 0.717) is 10.7 Å². The average molecular weight is 266 g/mol. The number of thioether (sulfide) groups is 1. The third-order valence-electron chi connectivity index (χ3n) is 3.31. The lowest BCUT2D eigenvalue weighted by Gasteiger charge is -2.24. The van der Waals surface area contributed by atoms with Crippen molar-refractivity contribution in [3.05, 3.63) is 17.1 Å². The van der Waals surface area contributed by atoms with E-state index < -0.39 is 5.97 Å². The standard InChI is InChI=1S/C13H18N2O2S/c1-3-10-14-8(2)11(13(16)17)12(15-10)18-7-9-5-4-6-9/h9H,3-7H2,1-2H3,(H,16,17). The second kappa shape index (κ2) is 5.69. The van der Waals surface area contributed by atoms with Crippen LogP contribution in [0.15, 0.2) is 5.03 Å². The minimum Gasteiger partial charge on any atom is -0.478 e. The predicted molar refractivity (Wildman–Crippen MR) is 71.2 cm³/mol. The largest absolute Gasteiger partial charge is 0.478 e. The van der Waals surface area contributed by atoms with Crippen molar-refractivity contribution in [3.8, 4) is 0 Å². The molecule has 0 spiro atoms. The number of aryl methyl sites for hydroxylation is 2. The van der Waals surface area contributed by atoms with Gasteiger partial charge in [0.1, 0.15) is 16.4 Å². The monoisotopic (exact) mass is 266 g/mol. The SMILES string of the molecule is CCc1nc(C)c(C(=O)O)c(SCC2CCC2)n1. The van der Waals surface area contributed by atoms with E-state index in [-0.39, 0.29) is 5.56 Å². The quantitative estimate of drug-likeness (QED) is 0.655. The van der Waals surface area contributed by atoms with E-state index in [1.807, 2.05) is 6.92 Å². The van der Waals surface area contributed by atoms with E-state index in [0.717, 1.165) is 23.9 Å². The molecule has 98 valence electrons. The number of carboxylic acids is 1. The van der Waals surface area contributed by atoms with Crippen LogP contribution in [0.3, 0.4) is 0 Å². The van der Waals surface area contributed by atoms with Crippen LogP contribution in [0, 0.1) is 12.8 Å². The normalized spacial score (nSPS) is 15.4. The molecular formula is C13H18N2O2S. The molecule has 1 aromatic heterocycles. The van der Waals surface area contributed by atoms with E-state index >= 15 is 0 Å². The summed E-state index contributed by atoms with van der Waals surface area (Å²) in [6.07, 6.45) is 4.57. The maximum Gasteiger partial charge on any atom is 0.340 e. The maximum absolute atomic E-state index is 11.3. The second-order valence-electron chi connectivity index (χ2n) is 4.67. The fourth-order valence-corrected chi connectivity index (χ4v) is 3.24. The van der Waals surface area contributed by atoms with Crippen LogP contribution in [0.5, 0.6) is 0 Å². The molecule has 0 aromatic carbocycles. The molecule has 1 aliphatic rings. The van der Waals surface area contributed by atoms with Gasteiger partial charge < -0.3 is 5.11 Å². The molecule has 1 aromatic rings. The molecule has 1 fully saturated rings. The summed E-state index contributed by atoms with van der Waals surface area (Å²) < 4.78 is 0. The molecule has 0 saturated heterocycles. The molecule has 0 aliphatic heterocycles. The van der Waals surface area contributed by atoms with Crippen molar-refractivity contribution < 1.29 is 9.90 Å². The molecule has 1 aliphatic carbocycles. The molecule has 0 radical (unpaired) electrons. The van der Waals surface area contributed by atoms with Crippen molar-refractivity contribution in [2.75, 3.05) is 5.75 Å². The summed E-state index contributed by atoms with van der Waals surface area (Å²) in [7, 11) is 0. The summed E-state index contributed by atoms with van der Waals surface area (Å²) in [4.78, 5) is 19.9. The van der Waals surface area contributed by atoms with Gasteiger partial charge in [-0.15, -0.1) is 11.8 Å². The first-order chi connectivity index (χ1) is 8.61. The van der Waals surface area contributed by atoms with Crippen LogP contribution in [-0.4, -0.2) is 26.8 Å². The lowest BCUT2D eigenvalue weighted by atomic mass is 9.87. The molecule has 0 amide bonds. The van der Waals surface area contributed by atoms with Gasteiger partial charge in [0.15, 0.2) is 0 Å². The number of carbonyl (C=O) groups is 1. The van der Waals surface area contributed by atoms with E-state index in [4.69, 9.17) is 0 Å². The van der Waals surface area contributed by atoms with Gasteiger partial charge in [0.2, 0.25) is 0 Å². The van der Waals surface area contributed by atoms with E-state index in [2.05, 4.69) is 9.97 Å². The summed E-state index contributed by atoms with van der Waals surface area (Å²) in [5.74, 6) is 1.51. The Morgan fingerprint density at radius 2 is 2.17 bits per heavy atom. The van der Waals surface area contributed by atoms with Crippen molar-refractivity contribution in [1.82, 2.24) is 9.97 Å². The smallest absolute Gasteiger partial charge is 0.340 e. The fraction of sp³-hybridized carbons (Fsp3) is 0.615. The van der Waals surface area contributed by atoms with Crippen LogP contribution in [-0.2, 0) is 6.42 Å². The van der Waals surface area contributed by atoms with Crippen molar-refractivity contribution in [3.63, 3.8) is 0 Å². The highest BCUT2D eigenvalue weighted by Crippen LogP contribution is 2.33. The summed E-state index contributed by atoms with van der Waals surface area (Å²) in [6, 6.07) is 0. The van der Waals surface area contributed by atoms with Gasteiger partial charge in [-0.2, -0.15) is 0 Å². The molecule has 1 N–H and O–H groups in total. The Morgan fingerprint density at radius 3 is 2.67 bits per heavy atom. The Kier molecular flexibility index (Phi) is 4.22. The molecule has 2 rings (SSSR count). The third kappa shape index (κ3) is 2.83. The molecule has 0 unspecified atom stereocenters. The van der Waals surface area contributed by atoms with Crippen molar-refractivity contribution in [2.24, 2.45) is 5.92 Å². The highest BCUT2D eigenvalue weighted by Gasteiger charge is 2.22. The number of nitrogens with zero attached hydrogens (tertiary/aromatic N) is 2. The lowest BCUT2D eigenvalue weighted by molar-refractivity contribution is 0.0690. The number of hydrogen-bond acceptors (Lipinski definition) is 4. The molecule has 1 heterocycles. The van der Waals surface area contributed by atoms with Gasteiger partial charge in [-0.05, 0) is 25.7 Å². The fourth-order valence-electron chi connectivity index (χ4n) is 1.97. The molecule has 4 nitrogen and oxygen atoms in total. The summed E-state index contributed by atoms with van der Waals surface area (Å²) in [6.45, 7) is 3.73. The molecule has 5 heteroatoms. The summed E-state index contributed by atoms with van der Waals surface area (Å²) in [5.41, 5.74) is 0.849. The number of aromatic carboxylic acids is 1. The van der Waals surface area contributed by atoms with E-state index in [1.165, 1.54) is 19.3 Å². The van der Waals surface area contributed by atoms with Crippen molar-refractivity contribution >= 4 is 17.7 Å². The van der Waals surface area contributed by atoms with Crippen LogP contribution >= 0.6 is 11.8 Å². The highest BCUT2D eigenvalue weighted by molar-refractivity contribution is 7.99. The van der Waals surface area contributed by atoms with Crippen LogP contribution in [0.25, 0.3) is 0 Å². The number of rotatable bonds is 5. The Labute approximate surface area is 111 Å². The minimum absolute atomic E-state index is 0.275. The first kappa shape index (κ1) is 13.3. The Morgan fingerprint density at radius 1 is 1.44 bits per heavy atom. The summed E-state index contributed by atoms with van der Waals surface area (Å²) >= 11 is 1.57. The Bertz CT molecular complexity index is 459. The Hall–Kier alpha value is -1.10. The number of hydrogen-bond donors (Lipinski definition) is 1. The van der Waals surface area contributed by atoms with E-state index in [9.17, 15) is 9.90 Å². The first-order valence-corrected chi connectivity index (χ1v) is 7.34. The van der Waals surface area contributed by atoms with Gasteiger partial charge in [-0.3, -0.25) is 0 Å². The zero-order valence-electron chi connectivity index (χ0n) is 10.8. The molecule has 18 heavy (non-hydrogen) atoms. The zero-order chi connectivity index (χ0) is 13.1. The van der Waals surface area contributed by atoms with Crippen molar-refractivity contribution in [1.29, 1.82) is 0 Å². The van der Waals surface area contributed by atoms with Gasteiger partial charge in [-0.1, -0.05) is 13.3 Å². The number of carboxylic acid groups (broad SMARTS) is 1. The lowest BCUT2D eigenvalue weighted by Crippen LogP contribution is -2.15. The van der Waals surface area contributed by atoms with Gasteiger partial charge >= 0.3 is 5.97 Å². The van der Waals surface area contributed by atoms with E-state index in [1.54, 1.807) is 18.7 Å². The van der Waals surface area contributed by atoms with Crippen LogP contribution < -0.4 is 0 Å². The first-order valence-electron chi connectivity index (χ1n) is 6.35. The van der Waals surface area contributed by atoms with Crippen molar-refractivity contribution in [2.45, 2.75) is 44.6 Å². The average Bonchev–Trinajstić information content (AvgIpc) is 2.25. The third-order valence-corrected chi connectivity index (χ3v) is 4.52.